The number of rotatable bonds is 3. The van der Waals surface area contributed by atoms with Crippen molar-refractivity contribution in [1.29, 1.82) is 0 Å². The minimum absolute atomic E-state index is 0.247. The van der Waals surface area contributed by atoms with Gasteiger partial charge in [0.15, 0.2) is 0 Å². The largest absolute Gasteiger partial charge is 0.309 e. The van der Waals surface area contributed by atoms with Crippen molar-refractivity contribution in [2.24, 2.45) is 0 Å². The number of benzene rings is 2. The Bertz CT molecular complexity index is 742. The topological polar surface area (TPSA) is 12.0 Å². The molecule has 20 heavy (non-hydrogen) atoms. The molecule has 1 aromatic heterocycles. The highest BCUT2D eigenvalue weighted by Gasteiger charge is 2.17. The van der Waals surface area contributed by atoms with Crippen LogP contribution in [-0.4, -0.2) is 7.05 Å². The average Bonchev–Trinajstić information content (AvgIpc) is 2.93. The summed E-state index contributed by atoms with van der Waals surface area (Å²) in [5.41, 5.74) is 5.46. The Morgan fingerprint density at radius 1 is 0.950 bits per heavy atom. The molecule has 1 atom stereocenters. The van der Waals surface area contributed by atoms with Crippen LogP contribution in [0.3, 0.4) is 0 Å². The minimum atomic E-state index is 0.247. The standard InChI is InChI=1S/C18H19NS/c1-12-6-4-8-15(13(12)2)17(19-3)16-9-5-7-14-10-11-20-18(14)16/h4-11,17,19H,1-3H3. The maximum absolute atomic E-state index is 3.49. The molecule has 1 nitrogen and oxygen atoms in total. The molecule has 0 spiro atoms. The summed E-state index contributed by atoms with van der Waals surface area (Å²) >= 11 is 1.82. The lowest BCUT2D eigenvalue weighted by Gasteiger charge is -2.21. The average molecular weight is 281 g/mol. The summed E-state index contributed by atoms with van der Waals surface area (Å²) in [6.45, 7) is 4.39. The Morgan fingerprint density at radius 2 is 1.70 bits per heavy atom. The number of aryl methyl sites for hydroxylation is 1. The van der Waals surface area contributed by atoms with Crippen molar-refractivity contribution in [3.8, 4) is 0 Å². The van der Waals surface area contributed by atoms with Crippen molar-refractivity contribution in [3.05, 3.63) is 70.1 Å². The summed E-state index contributed by atoms with van der Waals surface area (Å²) in [5, 5.41) is 6.99. The second-order valence-electron chi connectivity index (χ2n) is 5.20. The first kappa shape index (κ1) is 13.3. The molecular weight excluding hydrogens is 262 g/mol. The first-order chi connectivity index (χ1) is 9.72. The smallest absolute Gasteiger partial charge is 0.0591 e. The number of nitrogens with one attached hydrogen (secondary N) is 1. The fourth-order valence-electron chi connectivity index (χ4n) is 2.81. The van der Waals surface area contributed by atoms with Crippen LogP contribution in [0.25, 0.3) is 10.1 Å². The normalized spacial score (nSPS) is 12.8. The molecule has 1 N–H and O–H groups in total. The predicted molar refractivity (Wildman–Crippen MR) is 88.6 cm³/mol. The van der Waals surface area contributed by atoms with Crippen molar-refractivity contribution in [2.45, 2.75) is 19.9 Å². The van der Waals surface area contributed by atoms with Gasteiger partial charge in [-0.15, -0.1) is 11.3 Å². The van der Waals surface area contributed by atoms with E-state index in [4.69, 9.17) is 0 Å². The van der Waals surface area contributed by atoms with Gasteiger partial charge in [0.1, 0.15) is 0 Å². The van der Waals surface area contributed by atoms with Crippen molar-refractivity contribution < 1.29 is 0 Å². The Balaban J connectivity index is 2.19. The van der Waals surface area contributed by atoms with Gasteiger partial charge < -0.3 is 5.32 Å². The highest BCUT2D eigenvalue weighted by molar-refractivity contribution is 7.17. The van der Waals surface area contributed by atoms with Crippen LogP contribution in [0.1, 0.15) is 28.3 Å². The molecule has 0 aliphatic carbocycles. The van der Waals surface area contributed by atoms with E-state index in [2.05, 4.69) is 67.0 Å². The monoisotopic (exact) mass is 281 g/mol. The van der Waals surface area contributed by atoms with Crippen molar-refractivity contribution in [2.75, 3.05) is 7.05 Å². The number of fused-ring (bicyclic) bond motifs is 1. The third-order valence-electron chi connectivity index (χ3n) is 4.07. The van der Waals surface area contributed by atoms with Gasteiger partial charge >= 0.3 is 0 Å². The minimum Gasteiger partial charge on any atom is -0.309 e. The molecule has 0 saturated heterocycles. The Morgan fingerprint density at radius 3 is 2.50 bits per heavy atom. The molecule has 0 amide bonds. The molecule has 2 heteroatoms. The van der Waals surface area contributed by atoms with Crippen LogP contribution >= 0.6 is 11.3 Å². The Kier molecular flexibility index (Phi) is 3.60. The maximum Gasteiger partial charge on any atom is 0.0591 e. The Labute approximate surface area is 124 Å². The first-order valence-electron chi connectivity index (χ1n) is 6.92. The van der Waals surface area contributed by atoms with E-state index in [-0.39, 0.29) is 6.04 Å². The Hall–Kier alpha value is -1.64. The number of hydrogen-bond acceptors (Lipinski definition) is 2. The molecular formula is C18H19NS. The molecule has 2 aromatic carbocycles. The van der Waals surface area contributed by atoms with Crippen LogP contribution in [0.2, 0.25) is 0 Å². The zero-order chi connectivity index (χ0) is 14.1. The lowest BCUT2D eigenvalue weighted by molar-refractivity contribution is 0.692. The fourth-order valence-corrected chi connectivity index (χ4v) is 3.75. The zero-order valence-corrected chi connectivity index (χ0v) is 12.9. The van der Waals surface area contributed by atoms with Gasteiger partial charge in [-0.1, -0.05) is 36.4 Å². The number of hydrogen-bond donors (Lipinski definition) is 1. The molecule has 0 fully saturated rings. The van der Waals surface area contributed by atoms with Gasteiger partial charge in [0.2, 0.25) is 0 Å². The predicted octanol–water partition coefficient (Wildman–Crippen LogP) is 4.83. The molecule has 0 bridgehead atoms. The summed E-state index contributed by atoms with van der Waals surface area (Å²) in [6, 6.07) is 15.6. The molecule has 3 rings (SSSR count). The van der Waals surface area contributed by atoms with E-state index in [9.17, 15) is 0 Å². The fraction of sp³-hybridized carbons (Fsp3) is 0.222. The van der Waals surface area contributed by atoms with Crippen LogP contribution in [-0.2, 0) is 0 Å². The van der Waals surface area contributed by atoms with E-state index in [0.29, 0.717) is 0 Å². The van der Waals surface area contributed by atoms with Gasteiger partial charge in [0.05, 0.1) is 6.04 Å². The number of thiophene rings is 1. The molecule has 1 unspecified atom stereocenters. The SMILES string of the molecule is CNC(c1cccc(C)c1C)c1cccc2ccsc12. The third kappa shape index (κ3) is 2.15. The zero-order valence-electron chi connectivity index (χ0n) is 12.1. The van der Waals surface area contributed by atoms with Crippen LogP contribution in [0.5, 0.6) is 0 Å². The van der Waals surface area contributed by atoms with Gasteiger partial charge in [0, 0.05) is 4.70 Å². The molecule has 0 saturated carbocycles. The van der Waals surface area contributed by atoms with E-state index in [1.807, 2.05) is 18.4 Å². The van der Waals surface area contributed by atoms with E-state index < -0.39 is 0 Å². The van der Waals surface area contributed by atoms with E-state index >= 15 is 0 Å². The lowest BCUT2D eigenvalue weighted by Crippen LogP contribution is -2.19. The van der Waals surface area contributed by atoms with Gasteiger partial charge in [0.25, 0.3) is 0 Å². The molecule has 1 heterocycles. The van der Waals surface area contributed by atoms with E-state index in [1.165, 1.54) is 32.3 Å². The van der Waals surface area contributed by atoms with Crippen LogP contribution in [0.4, 0.5) is 0 Å². The highest BCUT2D eigenvalue weighted by atomic mass is 32.1. The van der Waals surface area contributed by atoms with Gasteiger partial charge in [-0.05, 0) is 60.0 Å². The molecule has 0 radical (unpaired) electrons. The second kappa shape index (κ2) is 5.39. The van der Waals surface area contributed by atoms with Crippen LogP contribution < -0.4 is 5.32 Å². The third-order valence-corrected chi connectivity index (χ3v) is 5.05. The van der Waals surface area contributed by atoms with Crippen molar-refractivity contribution in [3.63, 3.8) is 0 Å². The lowest BCUT2D eigenvalue weighted by atomic mass is 9.92. The quantitative estimate of drug-likeness (QED) is 0.725. The van der Waals surface area contributed by atoms with Crippen LogP contribution in [0, 0.1) is 13.8 Å². The maximum atomic E-state index is 3.49. The summed E-state index contributed by atoms with van der Waals surface area (Å²) in [7, 11) is 2.04. The van der Waals surface area contributed by atoms with Gasteiger partial charge in [-0.3, -0.25) is 0 Å². The van der Waals surface area contributed by atoms with Crippen molar-refractivity contribution in [1.82, 2.24) is 5.32 Å². The highest BCUT2D eigenvalue weighted by Crippen LogP contribution is 2.33. The van der Waals surface area contributed by atoms with E-state index in [0.717, 1.165) is 0 Å². The first-order valence-corrected chi connectivity index (χ1v) is 7.80. The summed E-state index contributed by atoms with van der Waals surface area (Å²) in [6.07, 6.45) is 0. The summed E-state index contributed by atoms with van der Waals surface area (Å²) < 4.78 is 1.38. The van der Waals surface area contributed by atoms with Crippen LogP contribution in [0.15, 0.2) is 47.8 Å². The molecule has 0 aliphatic rings. The van der Waals surface area contributed by atoms with Gasteiger partial charge in [-0.25, -0.2) is 0 Å². The van der Waals surface area contributed by atoms with Crippen molar-refractivity contribution >= 4 is 21.4 Å². The molecule has 3 aromatic rings. The van der Waals surface area contributed by atoms with Gasteiger partial charge in [-0.2, -0.15) is 0 Å². The second-order valence-corrected chi connectivity index (χ2v) is 6.11. The molecule has 0 aliphatic heterocycles. The summed E-state index contributed by atoms with van der Waals surface area (Å²) in [5.74, 6) is 0. The summed E-state index contributed by atoms with van der Waals surface area (Å²) in [4.78, 5) is 0. The van der Waals surface area contributed by atoms with E-state index in [1.54, 1.807) is 0 Å². The molecule has 102 valence electrons.